The molecule has 0 saturated carbocycles. The third kappa shape index (κ3) is 6.91. The van der Waals surface area contributed by atoms with Gasteiger partial charge in [0.2, 0.25) is 0 Å². The van der Waals surface area contributed by atoms with Crippen LogP contribution in [0.2, 0.25) is 0 Å². The zero-order chi connectivity index (χ0) is 15.8. The van der Waals surface area contributed by atoms with E-state index in [1.807, 2.05) is 7.05 Å². The Hall–Kier alpha value is -1.08. The quantitative estimate of drug-likeness (QED) is 0.338. The van der Waals surface area contributed by atoms with E-state index in [4.69, 9.17) is 4.74 Å². The summed E-state index contributed by atoms with van der Waals surface area (Å²) >= 11 is 0. The Morgan fingerprint density at radius 2 is 2.04 bits per heavy atom. The van der Waals surface area contributed by atoms with Gasteiger partial charge in [-0.15, -0.1) is 24.0 Å². The van der Waals surface area contributed by atoms with E-state index in [1.165, 1.54) is 16.7 Å². The van der Waals surface area contributed by atoms with Crippen molar-refractivity contribution < 1.29 is 4.74 Å². The van der Waals surface area contributed by atoms with E-state index in [0.717, 1.165) is 45.1 Å². The van der Waals surface area contributed by atoms with Crippen LogP contribution in [-0.4, -0.2) is 44.7 Å². The fourth-order valence-corrected chi connectivity index (χ4v) is 2.55. The molecule has 1 N–H and O–H groups in total. The molecule has 0 spiro atoms. The summed E-state index contributed by atoms with van der Waals surface area (Å²) in [6, 6.07) is 8.64. The number of aryl methyl sites for hydroxylation is 1. The number of guanidine groups is 1. The average molecular weight is 429 g/mol. The minimum Gasteiger partial charge on any atom is -0.377 e. The Labute approximate surface area is 157 Å². The molecule has 1 aliphatic heterocycles. The number of benzene rings is 1. The number of hydrogen-bond donors (Lipinski definition) is 1. The highest BCUT2D eigenvalue weighted by molar-refractivity contribution is 14.0. The fourth-order valence-electron chi connectivity index (χ4n) is 2.55. The number of halogens is 1. The summed E-state index contributed by atoms with van der Waals surface area (Å²) in [6.07, 6.45) is 4.31. The molecule has 1 aromatic carbocycles. The van der Waals surface area contributed by atoms with Crippen LogP contribution < -0.4 is 5.32 Å². The molecule has 0 unspecified atom stereocenters. The Bertz CT molecular complexity index is 526. The first-order valence-corrected chi connectivity index (χ1v) is 7.92. The maximum absolute atomic E-state index is 5.33. The van der Waals surface area contributed by atoms with Gasteiger partial charge in [0.1, 0.15) is 0 Å². The zero-order valence-corrected chi connectivity index (χ0v) is 16.7. The van der Waals surface area contributed by atoms with E-state index in [9.17, 15) is 0 Å². The van der Waals surface area contributed by atoms with Gasteiger partial charge < -0.3 is 15.0 Å². The number of nitrogens with one attached hydrogen (secondary N) is 1. The lowest BCUT2D eigenvalue weighted by molar-refractivity contribution is 0.153. The second-order valence-electron chi connectivity index (χ2n) is 5.75. The molecular weight excluding hydrogens is 401 g/mol. The minimum absolute atomic E-state index is 0. The van der Waals surface area contributed by atoms with Crippen LogP contribution in [0.3, 0.4) is 0 Å². The van der Waals surface area contributed by atoms with Gasteiger partial charge in [0.05, 0.1) is 13.2 Å². The lowest BCUT2D eigenvalue weighted by Gasteiger charge is -2.23. The molecule has 0 fully saturated rings. The van der Waals surface area contributed by atoms with Gasteiger partial charge >= 0.3 is 0 Å². The Morgan fingerprint density at radius 1 is 1.30 bits per heavy atom. The molecule has 0 bridgehead atoms. The summed E-state index contributed by atoms with van der Waals surface area (Å²) in [6.45, 7) is 5.50. The molecular formula is C18H28IN3O. The maximum atomic E-state index is 5.33. The molecule has 0 amide bonds. The zero-order valence-electron chi connectivity index (χ0n) is 14.3. The monoisotopic (exact) mass is 429 g/mol. The van der Waals surface area contributed by atoms with Gasteiger partial charge in [0.15, 0.2) is 5.96 Å². The number of hydrogen-bond acceptors (Lipinski definition) is 2. The smallest absolute Gasteiger partial charge is 0.193 e. The highest BCUT2D eigenvalue weighted by Crippen LogP contribution is 2.11. The van der Waals surface area contributed by atoms with E-state index in [1.54, 1.807) is 0 Å². The number of ether oxygens (including phenoxy) is 1. The van der Waals surface area contributed by atoms with E-state index < -0.39 is 0 Å². The van der Waals surface area contributed by atoms with Crippen molar-refractivity contribution >= 4 is 29.9 Å². The summed E-state index contributed by atoms with van der Waals surface area (Å²) < 4.78 is 5.33. The van der Waals surface area contributed by atoms with Gasteiger partial charge in [-0.3, -0.25) is 4.99 Å². The predicted molar refractivity (Wildman–Crippen MR) is 108 cm³/mol. The Morgan fingerprint density at radius 3 is 2.65 bits per heavy atom. The van der Waals surface area contributed by atoms with Crippen molar-refractivity contribution in [3.05, 3.63) is 47.0 Å². The van der Waals surface area contributed by atoms with Gasteiger partial charge in [-0.05, 0) is 25.3 Å². The molecule has 1 aliphatic rings. The average Bonchev–Trinajstić information content (AvgIpc) is 2.54. The van der Waals surface area contributed by atoms with Crippen LogP contribution in [-0.2, 0) is 11.3 Å². The third-order valence-corrected chi connectivity index (χ3v) is 3.90. The van der Waals surface area contributed by atoms with Gasteiger partial charge in [-0.25, -0.2) is 0 Å². The lowest BCUT2D eigenvalue weighted by Crippen LogP contribution is -2.39. The Balaban J connectivity index is 0.00000264. The standard InChI is InChI=1S/C18H27N3O.HI/c1-15-4-6-17(7-5-15)14-21(3)18(19-2)20-11-8-16-9-12-22-13-10-16;/h4-7,9H,8,10-14H2,1-3H3,(H,19,20);1H. The molecule has 0 saturated heterocycles. The first-order chi connectivity index (χ1) is 10.7. The van der Waals surface area contributed by atoms with E-state index >= 15 is 0 Å². The van der Waals surface area contributed by atoms with Crippen LogP contribution >= 0.6 is 24.0 Å². The SMILES string of the molecule is CN=C(NCCC1=CCOCC1)N(C)Cc1ccc(C)cc1.I. The molecule has 2 rings (SSSR count). The van der Waals surface area contributed by atoms with Crippen LogP contribution in [0.4, 0.5) is 0 Å². The molecule has 4 nitrogen and oxygen atoms in total. The maximum Gasteiger partial charge on any atom is 0.193 e. The highest BCUT2D eigenvalue weighted by atomic mass is 127. The van der Waals surface area contributed by atoms with Crippen molar-refractivity contribution in [3.63, 3.8) is 0 Å². The first-order valence-electron chi connectivity index (χ1n) is 7.92. The molecule has 0 aliphatic carbocycles. The topological polar surface area (TPSA) is 36.9 Å². The number of rotatable bonds is 5. The largest absolute Gasteiger partial charge is 0.377 e. The lowest BCUT2D eigenvalue weighted by atomic mass is 10.1. The van der Waals surface area contributed by atoms with E-state index in [0.29, 0.717) is 0 Å². The fraction of sp³-hybridized carbons (Fsp3) is 0.500. The molecule has 5 heteroatoms. The third-order valence-electron chi connectivity index (χ3n) is 3.90. The van der Waals surface area contributed by atoms with Gasteiger partial charge in [0, 0.05) is 27.2 Å². The summed E-state index contributed by atoms with van der Waals surface area (Å²) in [4.78, 5) is 6.53. The summed E-state index contributed by atoms with van der Waals surface area (Å²) in [5, 5.41) is 3.44. The van der Waals surface area contributed by atoms with Crippen molar-refractivity contribution in [2.24, 2.45) is 4.99 Å². The second kappa shape index (κ2) is 10.6. The van der Waals surface area contributed by atoms with Crippen LogP contribution in [0.15, 0.2) is 40.9 Å². The summed E-state index contributed by atoms with van der Waals surface area (Å²) in [5.41, 5.74) is 4.07. The van der Waals surface area contributed by atoms with Gasteiger partial charge in [-0.1, -0.05) is 41.5 Å². The molecule has 128 valence electrons. The molecule has 1 aromatic rings. The number of nitrogens with zero attached hydrogens (tertiary/aromatic N) is 2. The van der Waals surface area contributed by atoms with Crippen LogP contribution in [0.25, 0.3) is 0 Å². The normalized spacial score (nSPS) is 14.7. The van der Waals surface area contributed by atoms with Crippen LogP contribution in [0, 0.1) is 6.92 Å². The van der Waals surface area contributed by atoms with Crippen molar-refractivity contribution in [2.75, 3.05) is 33.9 Å². The van der Waals surface area contributed by atoms with Crippen molar-refractivity contribution in [3.8, 4) is 0 Å². The van der Waals surface area contributed by atoms with Crippen LogP contribution in [0.5, 0.6) is 0 Å². The van der Waals surface area contributed by atoms with E-state index in [-0.39, 0.29) is 24.0 Å². The first kappa shape index (κ1) is 20.0. The van der Waals surface area contributed by atoms with Crippen molar-refractivity contribution in [1.29, 1.82) is 0 Å². The second-order valence-corrected chi connectivity index (χ2v) is 5.75. The minimum atomic E-state index is 0. The van der Waals surface area contributed by atoms with Gasteiger partial charge in [-0.2, -0.15) is 0 Å². The van der Waals surface area contributed by atoms with Crippen molar-refractivity contribution in [1.82, 2.24) is 10.2 Å². The van der Waals surface area contributed by atoms with Crippen LogP contribution in [0.1, 0.15) is 24.0 Å². The summed E-state index contributed by atoms with van der Waals surface area (Å²) in [7, 11) is 3.91. The molecule has 1 heterocycles. The predicted octanol–water partition coefficient (Wildman–Crippen LogP) is 3.36. The Kier molecular flexibility index (Phi) is 9.24. The number of aliphatic imine (C=N–C) groups is 1. The molecule has 23 heavy (non-hydrogen) atoms. The van der Waals surface area contributed by atoms with Gasteiger partial charge in [0.25, 0.3) is 0 Å². The van der Waals surface area contributed by atoms with E-state index in [2.05, 4.69) is 59.5 Å². The highest BCUT2D eigenvalue weighted by Gasteiger charge is 2.08. The molecule has 0 aromatic heterocycles. The summed E-state index contributed by atoms with van der Waals surface area (Å²) in [5.74, 6) is 0.938. The molecule has 0 atom stereocenters. The molecule has 0 radical (unpaired) electrons. The van der Waals surface area contributed by atoms with Crippen molar-refractivity contribution in [2.45, 2.75) is 26.3 Å².